The van der Waals surface area contributed by atoms with Crippen LogP contribution in [0.1, 0.15) is 136 Å². The van der Waals surface area contributed by atoms with Crippen molar-refractivity contribution in [3.05, 3.63) is 0 Å². The molecule has 0 aliphatic carbocycles. The summed E-state index contributed by atoms with van der Waals surface area (Å²) in [5.41, 5.74) is 0. The topological polar surface area (TPSA) is 0 Å². The zero-order valence-corrected chi connectivity index (χ0v) is 23.6. The maximum absolute atomic E-state index is 3.65. The van der Waals surface area contributed by atoms with Crippen molar-refractivity contribution >= 4 is 15.9 Å². The Kier molecular flexibility index (Phi) is 27.9. The van der Waals surface area contributed by atoms with Gasteiger partial charge >= 0.3 is 0 Å². The van der Waals surface area contributed by atoms with Gasteiger partial charge in [-0.2, -0.15) is 0 Å². The molecule has 0 aromatic rings. The van der Waals surface area contributed by atoms with E-state index in [2.05, 4.69) is 36.8 Å². The Hall–Kier alpha value is 0.920. The summed E-state index contributed by atoms with van der Waals surface area (Å²) in [7, 11) is 2.53. The van der Waals surface area contributed by atoms with Crippen LogP contribution in [0.2, 0.25) is 0 Å². The summed E-state index contributed by atoms with van der Waals surface area (Å²) in [5, 5.41) is 1.16. The average molecular weight is 542 g/mol. The van der Waals surface area contributed by atoms with Crippen LogP contribution in [0, 0.1) is 0 Å². The van der Waals surface area contributed by atoms with Crippen LogP contribution >= 0.6 is 15.9 Å². The van der Waals surface area contributed by atoms with Gasteiger partial charge in [-0.1, -0.05) is 120 Å². The number of halogens is 2. The van der Waals surface area contributed by atoms with Crippen molar-refractivity contribution < 1.29 is 21.5 Å². The Bertz CT molecular complexity index is 274. The molecule has 0 spiro atoms. The quantitative estimate of drug-likeness (QED) is 0.0811. The van der Waals surface area contributed by atoms with Crippen molar-refractivity contribution in [1.29, 1.82) is 0 Å². The minimum atomic E-state index is 0. The minimum Gasteiger partial charge on any atom is -1.00 e. The number of hydrogen-bond donors (Lipinski definition) is 0. The zero-order valence-electron chi connectivity index (χ0n) is 20.5. The molecule has 0 saturated heterocycles. The fraction of sp³-hybridized carbons (Fsp3) is 1.00. The summed E-state index contributed by atoms with van der Waals surface area (Å²) >= 11 is 3.65. The number of alkyl halides is 1. The molecule has 178 valence electrons. The highest BCUT2D eigenvalue weighted by Gasteiger charge is 2.19. The number of quaternary nitrogens is 1. The molecule has 0 amide bonds. The lowest BCUT2D eigenvalue weighted by molar-refractivity contribution is -0.910. The van der Waals surface area contributed by atoms with E-state index in [1.165, 1.54) is 146 Å². The Morgan fingerprint density at radius 3 is 1.03 bits per heavy atom. The first kappa shape index (κ1) is 32.1. The first-order valence-corrected chi connectivity index (χ1v) is 14.2. The maximum Gasteiger partial charge on any atom is 0.0792 e. The molecule has 0 rings (SSSR count). The molecule has 1 nitrogen and oxygen atoms in total. The number of nitrogens with zero attached hydrogens (tertiary/aromatic N) is 1. The van der Waals surface area contributed by atoms with E-state index >= 15 is 0 Å². The third kappa shape index (κ3) is 23.4. The monoisotopic (exact) mass is 539 g/mol. The van der Waals surface area contributed by atoms with Crippen molar-refractivity contribution in [2.24, 2.45) is 0 Å². The van der Waals surface area contributed by atoms with Gasteiger partial charge in [0.2, 0.25) is 0 Å². The summed E-state index contributed by atoms with van der Waals surface area (Å²) in [6.07, 6.45) is 27.3. The molecular weight excluding hydrogens is 486 g/mol. The number of hydrogen-bond acceptors (Lipinski definition) is 0. The fourth-order valence-corrected chi connectivity index (χ4v) is 4.64. The lowest BCUT2D eigenvalue weighted by Gasteiger charge is -2.35. The van der Waals surface area contributed by atoms with E-state index in [0.29, 0.717) is 0 Å². The molecule has 0 saturated carbocycles. The summed E-state index contributed by atoms with van der Waals surface area (Å²) in [4.78, 5) is 0. The van der Waals surface area contributed by atoms with Crippen molar-refractivity contribution in [2.75, 3.05) is 32.0 Å². The molecule has 0 aromatic carbocycles. The van der Waals surface area contributed by atoms with E-state index in [4.69, 9.17) is 0 Å². The first-order chi connectivity index (χ1) is 13.7. The standard InChI is InChI=1S/C26H55BrN.BrH/c1-4-6-8-10-12-14-16-18-20-24-28(3,26-22-23-27)25-21-19-17-15-13-11-9-7-5-2;/h4-26H2,1-3H3;1H/q+1;/p-1. The van der Waals surface area contributed by atoms with Crippen molar-refractivity contribution in [1.82, 2.24) is 0 Å². The molecule has 0 aliphatic heterocycles. The fourth-order valence-electron chi connectivity index (χ4n) is 4.39. The molecule has 3 heteroatoms. The Balaban J connectivity index is 0. The highest BCUT2D eigenvalue weighted by Crippen LogP contribution is 2.16. The van der Waals surface area contributed by atoms with Gasteiger partial charge in [-0.15, -0.1) is 0 Å². The van der Waals surface area contributed by atoms with E-state index in [-0.39, 0.29) is 17.0 Å². The molecule has 0 aromatic heterocycles. The third-order valence-electron chi connectivity index (χ3n) is 6.43. The maximum atomic E-state index is 3.65. The molecular formula is C26H55Br2N. The number of rotatable bonds is 23. The third-order valence-corrected chi connectivity index (χ3v) is 7.00. The predicted octanol–water partition coefficient (Wildman–Crippen LogP) is 6.28. The van der Waals surface area contributed by atoms with Crippen molar-refractivity contribution in [3.8, 4) is 0 Å². The molecule has 0 atom stereocenters. The molecule has 0 N–H and O–H groups in total. The SMILES string of the molecule is CCCCCCCCCCC[N+](C)(CCCBr)CCCCCCCCCCC.[Br-]. The summed E-state index contributed by atoms with van der Waals surface area (Å²) in [6.45, 7) is 8.78. The normalized spacial score (nSPS) is 11.6. The van der Waals surface area contributed by atoms with Gasteiger partial charge in [0.15, 0.2) is 0 Å². The van der Waals surface area contributed by atoms with Crippen LogP contribution in [0.4, 0.5) is 0 Å². The highest BCUT2D eigenvalue weighted by atomic mass is 79.9. The Morgan fingerprint density at radius 2 is 0.724 bits per heavy atom. The lowest BCUT2D eigenvalue weighted by atomic mass is 10.1. The van der Waals surface area contributed by atoms with E-state index in [1.807, 2.05) is 0 Å². The van der Waals surface area contributed by atoms with Crippen LogP contribution in [0.3, 0.4) is 0 Å². The second-order valence-corrected chi connectivity index (χ2v) is 10.3. The van der Waals surface area contributed by atoms with E-state index in [9.17, 15) is 0 Å². The second kappa shape index (κ2) is 25.2. The molecule has 0 radical (unpaired) electrons. The first-order valence-electron chi connectivity index (χ1n) is 13.1. The molecule has 0 unspecified atom stereocenters. The van der Waals surface area contributed by atoms with Gasteiger partial charge in [-0.3, -0.25) is 0 Å². The predicted molar refractivity (Wildman–Crippen MR) is 134 cm³/mol. The van der Waals surface area contributed by atoms with E-state index in [1.54, 1.807) is 0 Å². The number of unbranched alkanes of at least 4 members (excludes halogenated alkanes) is 16. The van der Waals surface area contributed by atoms with Crippen LogP contribution < -0.4 is 17.0 Å². The van der Waals surface area contributed by atoms with E-state index in [0.717, 1.165) is 5.33 Å². The van der Waals surface area contributed by atoms with Crippen molar-refractivity contribution in [3.63, 3.8) is 0 Å². The van der Waals surface area contributed by atoms with Gasteiger partial charge in [0.1, 0.15) is 0 Å². The summed E-state index contributed by atoms with van der Waals surface area (Å²) in [5.74, 6) is 0. The van der Waals surface area contributed by atoms with E-state index < -0.39 is 0 Å². The van der Waals surface area contributed by atoms with Crippen LogP contribution in [0.5, 0.6) is 0 Å². The molecule has 0 fully saturated rings. The van der Waals surface area contributed by atoms with Crippen LogP contribution in [-0.4, -0.2) is 36.5 Å². The van der Waals surface area contributed by atoms with Gasteiger partial charge in [-0.25, -0.2) is 0 Å². The van der Waals surface area contributed by atoms with Gasteiger partial charge < -0.3 is 21.5 Å². The lowest BCUT2D eigenvalue weighted by Crippen LogP contribution is -3.00. The van der Waals surface area contributed by atoms with Crippen LogP contribution in [0.15, 0.2) is 0 Å². The summed E-state index contributed by atoms with van der Waals surface area (Å²) in [6, 6.07) is 0. The van der Waals surface area contributed by atoms with Gasteiger partial charge in [0.25, 0.3) is 0 Å². The Labute approximate surface area is 204 Å². The van der Waals surface area contributed by atoms with Crippen LogP contribution in [-0.2, 0) is 0 Å². The molecule has 0 bridgehead atoms. The van der Waals surface area contributed by atoms with Gasteiger partial charge in [0.05, 0.1) is 26.7 Å². The minimum absolute atomic E-state index is 0. The average Bonchev–Trinajstić information content (AvgIpc) is 2.70. The largest absolute Gasteiger partial charge is 1.00 e. The highest BCUT2D eigenvalue weighted by molar-refractivity contribution is 9.09. The van der Waals surface area contributed by atoms with Gasteiger partial charge in [-0.05, 0) is 25.7 Å². The molecule has 29 heavy (non-hydrogen) atoms. The van der Waals surface area contributed by atoms with Crippen LogP contribution in [0.25, 0.3) is 0 Å². The molecule has 0 heterocycles. The Morgan fingerprint density at radius 1 is 0.448 bits per heavy atom. The molecule has 0 aliphatic rings. The zero-order chi connectivity index (χ0) is 20.8. The second-order valence-electron chi connectivity index (χ2n) is 9.49. The smallest absolute Gasteiger partial charge is 0.0792 e. The van der Waals surface area contributed by atoms with Crippen molar-refractivity contribution in [2.45, 2.75) is 136 Å². The summed E-state index contributed by atoms with van der Waals surface area (Å²) < 4.78 is 1.32. The van der Waals surface area contributed by atoms with Gasteiger partial charge in [0, 0.05) is 11.8 Å².